The second-order valence-corrected chi connectivity index (χ2v) is 11.8. The molecule has 1 aromatic heterocycles. The van der Waals surface area contributed by atoms with Gasteiger partial charge in [0.05, 0.1) is 0 Å². The SMILES string of the molecule is CNC(=O)N(c1cccc(-c2sc(C(=O)O)c(OCC(=O)O)c2C)c1)C1CC(C)(C)CC(C)(C)C1. The van der Waals surface area contributed by atoms with Crippen LogP contribution in [0.25, 0.3) is 10.4 Å². The topological polar surface area (TPSA) is 116 Å². The van der Waals surface area contributed by atoms with E-state index in [9.17, 15) is 19.5 Å². The molecular formula is C26H34N2O6S. The lowest BCUT2D eigenvalue weighted by molar-refractivity contribution is -0.139. The average molecular weight is 503 g/mol. The zero-order valence-electron chi connectivity index (χ0n) is 21.1. The monoisotopic (exact) mass is 502 g/mol. The summed E-state index contributed by atoms with van der Waals surface area (Å²) in [5, 5.41) is 21.4. The summed E-state index contributed by atoms with van der Waals surface area (Å²) in [5.41, 5.74) is 2.16. The zero-order chi connectivity index (χ0) is 26.1. The summed E-state index contributed by atoms with van der Waals surface area (Å²) >= 11 is 1.03. The summed E-state index contributed by atoms with van der Waals surface area (Å²) in [7, 11) is 1.62. The van der Waals surface area contributed by atoms with Crippen molar-refractivity contribution in [2.24, 2.45) is 10.8 Å². The third-order valence-corrected chi connectivity index (χ3v) is 7.65. The van der Waals surface area contributed by atoms with Crippen LogP contribution in [-0.2, 0) is 4.79 Å². The number of thiophene rings is 1. The van der Waals surface area contributed by atoms with Gasteiger partial charge in [0.1, 0.15) is 5.75 Å². The molecule has 35 heavy (non-hydrogen) atoms. The molecule has 1 aliphatic rings. The van der Waals surface area contributed by atoms with Crippen molar-refractivity contribution < 1.29 is 29.3 Å². The largest absolute Gasteiger partial charge is 0.480 e. The van der Waals surface area contributed by atoms with E-state index in [0.717, 1.165) is 41.9 Å². The van der Waals surface area contributed by atoms with Gasteiger partial charge >= 0.3 is 18.0 Å². The number of nitrogens with zero attached hydrogens (tertiary/aromatic N) is 1. The van der Waals surface area contributed by atoms with E-state index in [-0.39, 0.29) is 33.5 Å². The molecule has 0 saturated heterocycles. The minimum absolute atomic E-state index is 0.00239. The van der Waals surface area contributed by atoms with E-state index in [1.165, 1.54) is 0 Å². The molecule has 9 heteroatoms. The number of nitrogens with one attached hydrogen (secondary N) is 1. The van der Waals surface area contributed by atoms with Crippen LogP contribution in [0.2, 0.25) is 0 Å². The van der Waals surface area contributed by atoms with Crippen molar-refractivity contribution in [3.63, 3.8) is 0 Å². The van der Waals surface area contributed by atoms with Crippen LogP contribution >= 0.6 is 11.3 Å². The third kappa shape index (κ3) is 5.96. The van der Waals surface area contributed by atoms with Gasteiger partial charge in [0, 0.05) is 29.2 Å². The molecule has 0 spiro atoms. The van der Waals surface area contributed by atoms with Gasteiger partial charge in [-0.05, 0) is 54.7 Å². The molecular weight excluding hydrogens is 468 g/mol. The first kappa shape index (κ1) is 26.5. The number of carbonyl (C=O) groups is 3. The van der Waals surface area contributed by atoms with E-state index in [2.05, 4.69) is 33.0 Å². The van der Waals surface area contributed by atoms with Gasteiger partial charge < -0.3 is 20.3 Å². The number of rotatable bonds is 7. The number of ether oxygens (including phenoxy) is 1. The highest BCUT2D eigenvalue weighted by Crippen LogP contribution is 2.48. The maximum Gasteiger partial charge on any atom is 0.349 e. The maximum atomic E-state index is 13.1. The Morgan fingerprint density at radius 1 is 1.14 bits per heavy atom. The van der Waals surface area contributed by atoms with Crippen molar-refractivity contribution in [3.8, 4) is 16.2 Å². The van der Waals surface area contributed by atoms with E-state index in [4.69, 9.17) is 9.84 Å². The number of carbonyl (C=O) groups excluding carboxylic acids is 1. The van der Waals surface area contributed by atoms with Gasteiger partial charge in [-0.15, -0.1) is 11.3 Å². The molecule has 0 aliphatic heterocycles. The molecule has 0 bridgehead atoms. The Kier molecular flexibility index (Phi) is 7.50. The number of anilines is 1. The lowest BCUT2D eigenvalue weighted by atomic mass is 9.63. The fourth-order valence-corrected chi connectivity index (χ4v) is 6.69. The zero-order valence-corrected chi connectivity index (χ0v) is 21.9. The predicted molar refractivity (Wildman–Crippen MR) is 137 cm³/mol. The molecule has 0 radical (unpaired) electrons. The van der Waals surface area contributed by atoms with E-state index in [1.807, 2.05) is 29.2 Å². The lowest BCUT2D eigenvalue weighted by Gasteiger charge is -2.48. The summed E-state index contributed by atoms with van der Waals surface area (Å²) in [6, 6.07) is 7.27. The quantitative estimate of drug-likeness (QED) is 0.451. The lowest BCUT2D eigenvalue weighted by Crippen LogP contribution is -2.51. The molecule has 1 saturated carbocycles. The van der Waals surface area contributed by atoms with Crippen LogP contribution in [0.5, 0.6) is 5.75 Å². The van der Waals surface area contributed by atoms with Crippen LogP contribution in [0, 0.1) is 17.8 Å². The number of aliphatic carboxylic acids is 1. The number of amides is 2. The first-order valence-corrected chi connectivity index (χ1v) is 12.4. The summed E-state index contributed by atoms with van der Waals surface area (Å²) < 4.78 is 5.32. The van der Waals surface area contributed by atoms with Crippen molar-refractivity contribution >= 4 is 35.0 Å². The molecule has 8 nitrogen and oxygen atoms in total. The molecule has 1 aromatic carbocycles. The summed E-state index contributed by atoms with van der Waals surface area (Å²) in [4.78, 5) is 38.3. The fourth-order valence-electron chi connectivity index (χ4n) is 5.60. The molecule has 2 amide bonds. The smallest absolute Gasteiger partial charge is 0.349 e. The van der Waals surface area contributed by atoms with E-state index < -0.39 is 18.5 Å². The third-order valence-electron chi connectivity index (χ3n) is 6.34. The Balaban J connectivity index is 2.06. The van der Waals surface area contributed by atoms with Gasteiger partial charge in [0.15, 0.2) is 11.5 Å². The maximum absolute atomic E-state index is 13.1. The van der Waals surface area contributed by atoms with Crippen LogP contribution in [0.15, 0.2) is 24.3 Å². The number of carboxylic acid groups (broad SMARTS) is 2. The van der Waals surface area contributed by atoms with E-state index >= 15 is 0 Å². The molecule has 1 heterocycles. The fraction of sp³-hybridized carbons (Fsp3) is 0.500. The van der Waals surface area contributed by atoms with Crippen molar-refractivity contribution in [2.45, 2.75) is 59.9 Å². The molecule has 0 atom stereocenters. The molecule has 1 aliphatic carbocycles. The summed E-state index contributed by atoms with van der Waals surface area (Å²) in [5.74, 6) is -2.31. The number of hydrogen-bond acceptors (Lipinski definition) is 5. The van der Waals surface area contributed by atoms with E-state index in [0.29, 0.717) is 10.4 Å². The number of carboxylic acids is 2. The minimum atomic E-state index is -1.19. The van der Waals surface area contributed by atoms with Gasteiger partial charge in [-0.1, -0.05) is 39.8 Å². The van der Waals surface area contributed by atoms with Crippen molar-refractivity contribution in [1.29, 1.82) is 0 Å². The average Bonchev–Trinajstić information content (AvgIpc) is 3.06. The predicted octanol–water partition coefficient (Wildman–Crippen LogP) is 5.64. The highest BCUT2D eigenvalue weighted by atomic mass is 32.1. The molecule has 190 valence electrons. The number of urea groups is 1. The minimum Gasteiger partial charge on any atom is -0.480 e. The summed E-state index contributed by atoms with van der Waals surface area (Å²) in [6.07, 6.45) is 2.80. The highest BCUT2D eigenvalue weighted by molar-refractivity contribution is 7.18. The van der Waals surface area contributed by atoms with Crippen molar-refractivity contribution in [3.05, 3.63) is 34.7 Å². The van der Waals surface area contributed by atoms with Crippen molar-refractivity contribution in [1.82, 2.24) is 5.32 Å². The van der Waals surface area contributed by atoms with Crippen LogP contribution < -0.4 is 15.0 Å². The number of hydrogen-bond donors (Lipinski definition) is 3. The molecule has 3 N–H and O–H groups in total. The Morgan fingerprint density at radius 2 is 1.77 bits per heavy atom. The number of benzene rings is 1. The van der Waals surface area contributed by atoms with E-state index in [1.54, 1.807) is 14.0 Å². The molecule has 0 unspecified atom stereocenters. The van der Waals surface area contributed by atoms with Crippen LogP contribution in [0.4, 0.5) is 10.5 Å². The molecule has 2 aromatic rings. The molecule has 3 rings (SSSR count). The van der Waals surface area contributed by atoms with Crippen LogP contribution in [0.1, 0.15) is 62.2 Å². The normalized spacial score (nSPS) is 17.0. The second kappa shape index (κ2) is 9.89. The standard InChI is InChI=1S/C26H34N2O6S/c1-15-20(34-13-19(29)30)22(23(31)32)35-21(15)16-8-7-9-17(10-16)28(24(33)27-6)18-11-25(2,3)14-26(4,5)12-18/h7-10,18H,11-14H2,1-6H3,(H,27,33)(H,29,30)(H,31,32). The van der Waals surface area contributed by atoms with Crippen molar-refractivity contribution in [2.75, 3.05) is 18.6 Å². The van der Waals surface area contributed by atoms with Gasteiger partial charge in [-0.3, -0.25) is 4.90 Å². The van der Waals surface area contributed by atoms with Gasteiger partial charge in [0.25, 0.3) is 0 Å². The second-order valence-electron chi connectivity index (χ2n) is 10.7. The summed E-state index contributed by atoms with van der Waals surface area (Å²) in [6.45, 7) is 10.0. The van der Waals surface area contributed by atoms with Crippen LogP contribution in [0.3, 0.4) is 0 Å². The highest BCUT2D eigenvalue weighted by Gasteiger charge is 2.42. The Bertz CT molecular complexity index is 1120. The Morgan fingerprint density at radius 3 is 2.31 bits per heavy atom. The number of aromatic carboxylic acids is 1. The first-order chi connectivity index (χ1) is 16.2. The van der Waals surface area contributed by atoms with Gasteiger partial charge in [-0.25, -0.2) is 14.4 Å². The Labute approximate surface area is 209 Å². The van der Waals surface area contributed by atoms with Gasteiger partial charge in [-0.2, -0.15) is 0 Å². The van der Waals surface area contributed by atoms with Crippen LogP contribution in [-0.4, -0.2) is 47.9 Å². The van der Waals surface area contributed by atoms with Gasteiger partial charge in [0.2, 0.25) is 0 Å². The molecule has 1 fully saturated rings. The Hall–Kier alpha value is -3.07. The first-order valence-electron chi connectivity index (χ1n) is 11.6.